The van der Waals surface area contributed by atoms with Crippen molar-refractivity contribution in [3.8, 4) is 11.3 Å². The minimum absolute atomic E-state index is 0.0521. The summed E-state index contributed by atoms with van der Waals surface area (Å²) >= 11 is 13.5. The Bertz CT molecular complexity index is 891. The Morgan fingerprint density at radius 2 is 1.92 bits per heavy atom. The van der Waals surface area contributed by atoms with E-state index >= 15 is 0 Å². The van der Waals surface area contributed by atoms with Crippen LogP contribution in [0.1, 0.15) is 17.5 Å². The van der Waals surface area contributed by atoms with Crippen LogP contribution in [0.15, 0.2) is 47.8 Å². The van der Waals surface area contributed by atoms with Crippen LogP contribution in [0.4, 0.5) is 5.13 Å². The van der Waals surface area contributed by atoms with Crippen LogP contribution in [-0.2, 0) is 11.2 Å². The molecular weight excluding hydrogens is 375 g/mol. The van der Waals surface area contributed by atoms with Crippen LogP contribution in [0, 0.1) is 6.92 Å². The monoisotopic (exact) mass is 390 g/mol. The maximum absolute atomic E-state index is 12.1. The SMILES string of the molecule is Cc1ccc(CCC(=O)Nc2nc(-c3ccc(Cl)cc3Cl)cs2)cc1. The van der Waals surface area contributed by atoms with Crippen LogP contribution in [0.5, 0.6) is 0 Å². The smallest absolute Gasteiger partial charge is 0.226 e. The Morgan fingerprint density at radius 3 is 2.64 bits per heavy atom. The van der Waals surface area contributed by atoms with Gasteiger partial charge >= 0.3 is 0 Å². The van der Waals surface area contributed by atoms with E-state index in [1.165, 1.54) is 16.9 Å². The van der Waals surface area contributed by atoms with E-state index in [-0.39, 0.29) is 5.91 Å². The predicted molar refractivity (Wildman–Crippen MR) is 106 cm³/mol. The van der Waals surface area contributed by atoms with Crippen molar-refractivity contribution in [2.24, 2.45) is 0 Å². The second-order valence-corrected chi connectivity index (χ2v) is 7.40. The summed E-state index contributed by atoms with van der Waals surface area (Å²) < 4.78 is 0. The van der Waals surface area contributed by atoms with Crippen LogP contribution in [0.2, 0.25) is 10.0 Å². The number of nitrogens with zero attached hydrogens (tertiary/aromatic N) is 1. The van der Waals surface area contributed by atoms with Crippen molar-refractivity contribution in [3.63, 3.8) is 0 Å². The number of nitrogens with one attached hydrogen (secondary N) is 1. The van der Waals surface area contributed by atoms with Gasteiger partial charge in [0.25, 0.3) is 0 Å². The summed E-state index contributed by atoms with van der Waals surface area (Å²) in [6.45, 7) is 2.05. The molecule has 6 heteroatoms. The largest absolute Gasteiger partial charge is 0.302 e. The summed E-state index contributed by atoms with van der Waals surface area (Å²) in [7, 11) is 0. The number of hydrogen-bond donors (Lipinski definition) is 1. The molecule has 1 N–H and O–H groups in total. The Hall–Kier alpha value is -1.88. The molecule has 128 valence electrons. The molecule has 0 spiro atoms. The molecule has 3 aromatic rings. The zero-order valence-electron chi connectivity index (χ0n) is 13.6. The zero-order valence-corrected chi connectivity index (χ0v) is 15.9. The maximum atomic E-state index is 12.1. The minimum Gasteiger partial charge on any atom is -0.302 e. The molecule has 1 aromatic heterocycles. The van der Waals surface area contributed by atoms with Gasteiger partial charge < -0.3 is 5.32 Å². The molecule has 2 aromatic carbocycles. The van der Waals surface area contributed by atoms with Gasteiger partial charge in [-0.25, -0.2) is 4.98 Å². The normalized spacial score (nSPS) is 10.7. The van der Waals surface area contributed by atoms with E-state index in [0.717, 1.165) is 16.8 Å². The Labute approximate surface area is 160 Å². The molecular formula is C19H16Cl2N2OS. The van der Waals surface area contributed by atoms with E-state index in [9.17, 15) is 4.79 Å². The van der Waals surface area contributed by atoms with Gasteiger partial charge in [-0.1, -0.05) is 53.0 Å². The highest BCUT2D eigenvalue weighted by Crippen LogP contribution is 2.32. The lowest BCUT2D eigenvalue weighted by Gasteiger charge is -2.03. The maximum Gasteiger partial charge on any atom is 0.226 e. The molecule has 3 nitrogen and oxygen atoms in total. The molecule has 1 amide bonds. The molecule has 25 heavy (non-hydrogen) atoms. The average Bonchev–Trinajstić information content (AvgIpc) is 3.02. The number of carbonyl (C=O) groups excluding carboxylic acids is 1. The van der Waals surface area contributed by atoms with Crippen LogP contribution in [-0.4, -0.2) is 10.9 Å². The van der Waals surface area contributed by atoms with Crippen molar-refractivity contribution < 1.29 is 4.79 Å². The van der Waals surface area contributed by atoms with Crippen LogP contribution >= 0.6 is 34.5 Å². The van der Waals surface area contributed by atoms with Crippen LogP contribution in [0.25, 0.3) is 11.3 Å². The lowest BCUT2D eigenvalue weighted by molar-refractivity contribution is -0.116. The Balaban J connectivity index is 1.60. The molecule has 0 fully saturated rings. The van der Waals surface area contributed by atoms with Gasteiger partial charge in [-0.3, -0.25) is 4.79 Å². The van der Waals surface area contributed by atoms with Crippen molar-refractivity contribution in [1.82, 2.24) is 4.98 Å². The van der Waals surface area contributed by atoms with Gasteiger partial charge in [0.15, 0.2) is 5.13 Å². The van der Waals surface area contributed by atoms with Gasteiger partial charge in [0.1, 0.15) is 0 Å². The summed E-state index contributed by atoms with van der Waals surface area (Å²) in [6.07, 6.45) is 1.12. The first-order valence-corrected chi connectivity index (χ1v) is 9.41. The third-order valence-corrected chi connectivity index (χ3v) is 5.02. The first-order valence-electron chi connectivity index (χ1n) is 7.77. The highest BCUT2D eigenvalue weighted by atomic mass is 35.5. The quantitative estimate of drug-likeness (QED) is 0.580. The lowest BCUT2D eigenvalue weighted by Crippen LogP contribution is -2.12. The van der Waals surface area contributed by atoms with E-state index in [4.69, 9.17) is 23.2 Å². The highest BCUT2D eigenvalue weighted by molar-refractivity contribution is 7.14. The number of hydrogen-bond acceptors (Lipinski definition) is 3. The van der Waals surface area contributed by atoms with Gasteiger partial charge in [-0.2, -0.15) is 0 Å². The van der Waals surface area contributed by atoms with E-state index in [1.807, 2.05) is 30.5 Å². The fourth-order valence-corrected chi connectivity index (χ4v) is 3.58. The summed E-state index contributed by atoms with van der Waals surface area (Å²) in [5, 5.41) is 6.39. The van der Waals surface area contributed by atoms with Gasteiger partial charge in [0.05, 0.1) is 10.7 Å². The van der Waals surface area contributed by atoms with Crippen molar-refractivity contribution in [2.45, 2.75) is 19.8 Å². The molecule has 0 unspecified atom stereocenters. The summed E-state index contributed by atoms with van der Waals surface area (Å²) in [6, 6.07) is 13.5. The van der Waals surface area contributed by atoms with Crippen molar-refractivity contribution in [1.29, 1.82) is 0 Å². The molecule has 1 heterocycles. The van der Waals surface area contributed by atoms with E-state index in [0.29, 0.717) is 28.0 Å². The number of rotatable bonds is 5. The minimum atomic E-state index is -0.0521. The molecule has 0 aliphatic heterocycles. The molecule has 0 aliphatic carbocycles. The first kappa shape index (κ1) is 17.9. The highest BCUT2D eigenvalue weighted by Gasteiger charge is 2.11. The molecule has 0 bridgehead atoms. The topological polar surface area (TPSA) is 42.0 Å². The zero-order chi connectivity index (χ0) is 17.8. The number of aryl methyl sites for hydroxylation is 2. The summed E-state index contributed by atoms with van der Waals surface area (Å²) in [5.41, 5.74) is 3.88. The molecule has 0 saturated carbocycles. The van der Waals surface area contributed by atoms with Crippen molar-refractivity contribution in [2.75, 3.05) is 5.32 Å². The Morgan fingerprint density at radius 1 is 1.16 bits per heavy atom. The molecule has 0 radical (unpaired) electrons. The number of halogens is 2. The number of thiazole rings is 1. The fraction of sp³-hybridized carbons (Fsp3) is 0.158. The number of anilines is 1. The standard InChI is InChI=1S/C19H16Cl2N2OS/c1-12-2-4-13(5-3-12)6-9-18(24)23-19-22-17(11-25-19)15-8-7-14(20)10-16(15)21/h2-5,7-8,10-11H,6,9H2,1H3,(H,22,23,24). The van der Waals surface area contributed by atoms with E-state index in [2.05, 4.69) is 22.4 Å². The first-order chi connectivity index (χ1) is 12.0. The third kappa shape index (κ3) is 4.82. The van der Waals surface area contributed by atoms with Gasteiger partial charge in [0.2, 0.25) is 5.91 Å². The number of carbonyl (C=O) groups is 1. The third-order valence-electron chi connectivity index (χ3n) is 3.72. The Kier molecular flexibility index (Phi) is 5.74. The molecule has 0 saturated heterocycles. The van der Waals surface area contributed by atoms with Gasteiger partial charge in [0, 0.05) is 22.4 Å². The predicted octanol–water partition coefficient (Wildman–Crippen LogP) is 6.00. The van der Waals surface area contributed by atoms with Crippen LogP contribution in [0.3, 0.4) is 0 Å². The number of amides is 1. The van der Waals surface area contributed by atoms with Crippen molar-refractivity contribution in [3.05, 3.63) is 69.0 Å². The molecule has 0 aliphatic rings. The van der Waals surface area contributed by atoms with Gasteiger partial charge in [-0.05, 0) is 37.1 Å². The van der Waals surface area contributed by atoms with E-state index < -0.39 is 0 Å². The molecule has 3 rings (SSSR count). The number of benzene rings is 2. The summed E-state index contributed by atoms with van der Waals surface area (Å²) in [5.74, 6) is -0.0521. The second kappa shape index (κ2) is 8.00. The van der Waals surface area contributed by atoms with Crippen LogP contribution < -0.4 is 5.32 Å². The van der Waals surface area contributed by atoms with Gasteiger partial charge in [-0.15, -0.1) is 11.3 Å². The second-order valence-electron chi connectivity index (χ2n) is 5.70. The molecule has 0 atom stereocenters. The lowest BCUT2D eigenvalue weighted by atomic mass is 10.1. The summed E-state index contributed by atoms with van der Waals surface area (Å²) in [4.78, 5) is 16.6. The van der Waals surface area contributed by atoms with Crippen molar-refractivity contribution >= 4 is 45.6 Å². The fourth-order valence-electron chi connectivity index (χ4n) is 2.35. The van der Waals surface area contributed by atoms with E-state index in [1.54, 1.807) is 12.1 Å². The number of aromatic nitrogens is 1. The average molecular weight is 391 g/mol.